The lowest BCUT2D eigenvalue weighted by molar-refractivity contribution is 0.0944. The Balaban J connectivity index is 2.00. The number of carbonyl (C=O) groups is 1. The number of carbonyl (C=O) groups excluding carboxylic acids is 1. The second kappa shape index (κ2) is 6.51. The molecule has 19 heavy (non-hydrogen) atoms. The summed E-state index contributed by atoms with van der Waals surface area (Å²) in [6.45, 7) is 0.747. The number of rotatable bonds is 6. The molecule has 1 amide bonds. The first kappa shape index (κ1) is 15.2. The van der Waals surface area contributed by atoms with Gasteiger partial charge in [0, 0.05) is 16.8 Å². The van der Waals surface area contributed by atoms with E-state index in [2.05, 4.69) is 21.2 Å². The number of nitrogens with one attached hydrogen (secondary N) is 1. The third-order valence-electron chi connectivity index (χ3n) is 3.62. The molecule has 0 unspecified atom stereocenters. The quantitative estimate of drug-likeness (QED) is 0.602. The van der Waals surface area contributed by atoms with E-state index >= 15 is 0 Å². The largest absolute Gasteiger partial charge is 0.351 e. The van der Waals surface area contributed by atoms with Crippen molar-refractivity contribution in [3.63, 3.8) is 0 Å². The summed E-state index contributed by atoms with van der Waals surface area (Å²) in [4.78, 5) is 13.2. The molecule has 0 heterocycles. The Morgan fingerprint density at radius 2 is 2.26 bits per heavy atom. The number of hydrogen-bond donors (Lipinski definition) is 1. The van der Waals surface area contributed by atoms with Gasteiger partial charge in [0.05, 0.1) is 10.6 Å². The van der Waals surface area contributed by atoms with Gasteiger partial charge in [-0.05, 0) is 49.1 Å². The van der Waals surface area contributed by atoms with Crippen molar-refractivity contribution in [2.45, 2.75) is 24.2 Å². The molecule has 0 spiro atoms. The summed E-state index contributed by atoms with van der Waals surface area (Å²) in [6.07, 6.45) is 5.51. The van der Waals surface area contributed by atoms with Crippen LogP contribution >= 0.6 is 39.3 Å². The molecule has 1 aliphatic carbocycles. The number of hydrogen-bond acceptors (Lipinski definition) is 2. The first-order valence-corrected chi connectivity index (χ1v) is 9.00. The zero-order valence-corrected chi connectivity index (χ0v) is 14.0. The lowest BCUT2D eigenvalue weighted by Crippen LogP contribution is -2.30. The van der Waals surface area contributed by atoms with Gasteiger partial charge in [0.15, 0.2) is 0 Å². The molecule has 1 saturated carbocycles. The van der Waals surface area contributed by atoms with E-state index in [1.807, 2.05) is 18.4 Å². The highest BCUT2D eigenvalue weighted by Crippen LogP contribution is 2.48. The van der Waals surface area contributed by atoms with Crippen molar-refractivity contribution in [3.05, 3.63) is 28.8 Å². The Kier molecular flexibility index (Phi) is 5.21. The third-order valence-corrected chi connectivity index (χ3v) is 5.08. The summed E-state index contributed by atoms with van der Waals surface area (Å²) in [5.41, 5.74) is 0.895. The average molecular weight is 363 g/mol. The number of benzene rings is 1. The molecule has 2 rings (SSSR count). The summed E-state index contributed by atoms with van der Waals surface area (Å²) < 4.78 is 0. The zero-order valence-electron chi connectivity index (χ0n) is 10.8. The number of halogens is 2. The fourth-order valence-corrected chi connectivity index (χ4v) is 3.55. The van der Waals surface area contributed by atoms with Crippen LogP contribution in [0.25, 0.3) is 0 Å². The monoisotopic (exact) mass is 361 g/mol. The normalized spacial score (nSPS) is 16.2. The van der Waals surface area contributed by atoms with Crippen molar-refractivity contribution in [1.82, 2.24) is 5.32 Å². The molecular weight excluding hydrogens is 346 g/mol. The summed E-state index contributed by atoms with van der Waals surface area (Å²) in [6, 6.07) is 5.57. The molecule has 1 aromatic carbocycles. The molecule has 0 bridgehead atoms. The molecule has 2 nitrogen and oxygen atoms in total. The van der Waals surface area contributed by atoms with Gasteiger partial charge >= 0.3 is 0 Å². The van der Waals surface area contributed by atoms with Crippen molar-refractivity contribution in [2.24, 2.45) is 5.41 Å². The fraction of sp³-hybridized carbons (Fsp3) is 0.500. The summed E-state index contributed by atoms with van der Waals surface area (Å²) in [5, 5.41) is 4.53. The maximum absolute atomic E-state index is 12.2. The van der Waals surface area contributed by atoms with Crippen LogP contribution in [0.1, 0.15) is 29.6 Å². The molecule has 0 saturated heterocycles. The maximum Gasteiger partial charge on any atom is 0.252 e. The van der Waals surface area contributed by atoms with Gasteiger partial charge in [-0.25, -0.2) is 0 Å². The Bertz CT molecular complexity index is 477. The van der Waals surface area contributed by atoms with E-state index in [4.69, 9.17) is 11.6 Å². The number of thioether (sulfide) groups is 1. The zero-order chi connectivity index (χ0) is 13.9. The van der Waals surface area contributed by atoms with Gasteiger partial charge in [0.2, 0.25) is 0 Å². The van der Waals surface area contributed by atoms with Gasteiger partial charge in [0.25, 0.3) is 5.91 Å². The van der Waals surface area contributed by atoms with Gasteiger partial charge in [-0.1, -0.05) is 27.5 Å². The van der Waals surface area contributed by atoms with E-state index in [9.17, 15) is 4.79 Å². The highest BCUT2D eigenvalue weighted by Gasteiger charge is 2.41. The second-order valence-electron chi connectivity index (χ2n) is 4.97. The Morgan fingerprint density at radius 3 is 2.84 bits per heavy atom. The summed E-state index contributed by atoms with van der Waals surface area (Å²) >= 11 is 11.2. The highest BCUT2D eigenvalue weighted by atomic mass is 79.9. The number of alkyl halides is 1. The van der Waals surface area contributed by atoms with Gasteiger partial charge < -0.3 is 5.32 Å². The van der Waals surface area contributed by atoms with Crippen LogP contribution in [-0.2, 0) is 0 Å². The molecule has 0 aromatic heterocycles. The van der Waals surface area contributed by atoms with E-state index in [0.717, 1.165) is 23.2 Å². The molecule has 1 aromatic rings. The van der Waals surface area contributed by atoms with Crippen LogP contribution in [-0.4, -0.2) is 24.0 Å². The van der Waals surface area contributed by atoms with Crippen molar-refractivity contribution in [1.29, 1.82) is 0 Å². The topological polar surface area (TPSA) is 29.1 Å². The Labute approximate surface area is 131 Å². The minimum atomic E-state index is -0.0678. The van der Waals surface area contributed by atoms with Crippen LogP contribution in [0.3, 0.4) is 0 Å². The van der Waals surface area contributed by atoms with Gasteiger partial charge in [0.1, 0.15) is 0 Å². The van der Waals surface area contributed by atoms with Crippen LogP contribution in [0, 0.1) is 5.41 Å². The predicted molar refractivity (Wildman–Crippen MR) is 85.6 cm³/mol. The van der Waals surface area contributed by atoms with E-state index in [1.165, 1.54) is 12.8 Å². The molecule has 0 atom stereocenters. The Morgan fingerprint density at radius 1 is 1.53 bits per heavy atom. The minimum absolute atomic E-state index is 0.0678. The molecule has 104 valence electrons. The van der Waals surface area contributed by atoms with E-state index in [1.54, 1.807) is 17.8 Å². The molecule has 0 aliphatic heterocycles. The van der Waals surface area contributed by atoms with Crippen LogP contribution in [0.15, 0.2) is 23.1 Å². The van der Waals surface area contributed by atoms with Gasteiger partial charge in [-0.15, -0.1) is 11.8 Å². The van der Waals surface area contributed by atoms with Gasteiger partial charge in [-0.3, -0.25) is 4.79 Å². The fourth-order valence-electron chi connectivity index (χ4n) is 2.06. The van der Waals surface area contributed by atoms with Gasteiger partial charge in [-0.2, -0.15) is 0 Å². The molecule has 0 radical (unpaired) electrons. The van der Waals surface area contributed by atoms with Crippen molar-refractivity contribution in [2.75, 3.05) is 18.1 Å². The van der Waals surface area contributed by atoms with Crippen molar-refractivity contribution in [3.8, 4) is 0 Å². The lowest BCUT2D eigenvalue weighted by Gasteiger charge is -2.15. The SMILES string of the molecule is CSc1ccc(Cl)c(C(=O)NCC2(CCBr)CC2)c1. The standard InChI is InChI=1S/C14H17BrClNOS/c1-19-10-2-3-12(16)11(8-10)13(18)17-9-14(4-5-14)6-7-15/h2-3,8H,4-7,9H2,1H3,(H,17,18). The highest BCUT2D eigenvalue weighted by molar-refractivity contribution is 9.09. The first-order valence-electron chi connectivity index (χ1n) is 6.28. The molecule has 1 N–H and O–H groups in total. The molecule has 1 fully saturated rings. The second-order valence-corrected chi connectivity index (χ2v) is 7.05. The number of amides is 1. The molecular formula is C14H17BrClNOS. The average Bonchev–Trinajstić information content (AvgIpc) is 3.17. The predicted octanol–water partition coefficient (Wildman–Crippen LogP) is 4.36. The van der Waals surface area contributed by atoms with Crippen LogP contribution < -0.4 is 5.32 Å². The van der Waals surface area contributed by atoms with E-state index in [0.29, 0.717) is 16.0 Å². The Hall–Kier alpha value is -0.190. The molecule has 5 heteroatoms. The van der Waals surface area contributed by atoms with Crippen LogP contribution in [0.4, 0.5) is 0 Å². The van der Waals surface area contributed by atoms with Crippen LogP contribution in [0.2, 0.25) is 5.02 Å². The summed E-state index contributed by atoms with van der Waals surface area (Å²) in [5.74, 6) is -0.0678. The van der Waals surface area contributed by atoms with Crippen LogP contribution in [0.5, 0.6) is 0 Å². The van der Waals surface area contributed by atoms with Crippen molar-refractivity contribution >= 4 is 45.2 Å². The maximum atomic E-state index is 12.2. The smallest absolute Gasteiger partial charge is 0.252 e. The lowest BCUT2D eigenvalue weighted by atomic mass is 10.0. The third kappa shape index (κ3) is 3.89. The first-order chi connectivity index (χ1) is 9.10. The van der Waals surface area contributed by atoms with Crippen molar-refractivity contribution < 1.29 is 4.79 Å². The van der Waals surface area contributed by atoms with E-state index in [-0.39, 0.29) is 5.91 Å². The molecule has 1 aliphatic rings. The minimum Gasteiger partial charge on any atom is -0.351 e. The summed E-state index contributed by atoms with van der Waals surface area (Å²) in [7, 11) is 0. The van der Waals surface area contributed by atoms with E-state index < -0.39 is 0 Å².